The first-order valence-electron chi connectivity index (χ1n) is 13.6. The molecule has 2 aliphatic carbocycles. The van der Waals surface area contributed by atoms with Gasteiger partial charge in [0.15, 0.2) is 0 Å². The number of halogens is 2. The Labute approximate surface area is 227 Å². The average molecular weight is 558 g/mol. The van der Waals surface area contributed by atoms with Gasteiger partial charge in [-0.3, -0.25) is 14.4 Å². The maximum Gasteiger partial charge on any atom is 0.408 e. The van der Waals surface area contributed by atoms with Gasteiger partial charge in [0.1, 0.15) is 17.7 Å². The molecule has 0 aromatic carbocycles. The molecule has 12 heteroatoms. The molecule has 220 valence electrons. The molecule has 0 bridgehead atoms. The molecule has 39 heavy (non-hydrogen) atoms. The van der Waals surface area contributed by atoms with E-state index >= 15 is 0 Å². The number of hydrogen-bond donors (Lipinski definition) is 3. The van der Waals surface area contributed by atoms with Crippen LogP contribution in [0.4, 0.5) is 13.6 Å². The molecule has 3 unspecified atom stereocenters. The monoisotopic (exact) mass is 557 g/mol. The summed E-state index contributed by atoms with van der Waals surface area (Å²) in [5.41, 5.74) is -1.12. The summed E-state index contributed by atoms with van der Waals surface area (Å²) in [6, 6.07) is -3.42. The zero-order valence-electron chi connectivity index (χ0n) is 23.5. The van der Waals surface area contributed by atoms with Gasteiger partial charge in [0.25, 0.3) is 5.78 Å². The third kappa shape index (κ3) is 6.87. The number of carboxylic acids is 1. The lowest BCUT2D eigenvalue weighted by atomic mass is 9.81. The van der Waals surface area contributed by atoms with Crippen LogP contribution in [0.5, 0.6) is 0 Å². The molecule has 3 amide bonds. The van der Waals surface area contributed by atoms with Crippen molar-refractivity contribution in [1.82, 2.24) is 15.5 Å². The molecule has 1 saturated heterocycles. The van der Waals surface area contributed by atoms with Crippen LogP contribution in [0.15, 0.2) is 0 Å². The topological polar surface area (TPSA) is 142 Å². The number of hydrogen-bond acceptors (Lipinski definition) is 6. The highest BCUT2D eigenvalue weighted by Gasteiger charge is 2.69. The molecule has 0 aromatic heterocycles. The Hall–Kier alpha value is -2.79. The number of alkyl halides is 2. The number of alkyl carbamates (subject to hydrolysis) is 1. The first-order valence-corrected chi connectivity index (χ1v) is 13.6. The van der Waals surface area contributed by atoms with Crippen molar-refractivity contribution in [2.75, 3.05) is 6.54 Å². The fraction of sp³-hybridized carbons (Fsp3) is 0.815. The minimum atomic E-state index is -2.84. The molecule has 3 aliphatic rings. The number of rotatable bonds is 9. The molecule has 0 aromatic rings. The molecule has 3 rings (SSSR count). The molecular formula is C27H41F2N3O7. The number of carboxylic acid groups (broad SMARTS) is 1. The summed E-state index contributed by atoms with van der Waals surface area (Å²) in [5.74, 6) is -7.69. The van der Waals surface area contributed by atoms with Crippen molar-refractivity contribution in [3.63, 3.8) is 0 Å². The molecule has 1 heterocycles. The quantitative estimate of drug-likeness (QED) is 0.370. The van der Waals surface area contributed by atoms with Crippen molar-refractivity contribution in [2.24, 2.45) is 23.2 Å². The second-order valence-electron chi connectivity index (χ2n) is 12.7. The number of nitrogens with zero attached hydrogens (tertiary/aromatic N) is 1. The van der Waals surface area contributed by atoms with Crippen LogP contribution in [0.2, 0.25) is 0 Å². The average Bonchev–Trinajstić information content (AvgIpc) is 3.14. The van der Waals surface area contributed by atoms with E-state index in [1.807, 2.05) is 13.8 Å². The molecule has 3 fully saturated rings. The van der Waals surface area contributed by atoms with Crippen LogP contribution in [-0.2, 0) is 23.9 Å². The second-order valence-corrected chi connectivity index (χ2v) is 12.7. The van der Waals surface area contributed by atoms with Crippen LogP contribution in [0.3, 0.4) is 0 Å². The number of likely N-dealkylation sites (tertiary alicyclic amines) is 1. The third-order valence-corrected chi connectivity index (χ3v) is 8.35. The lowest BCUT2D eigenvalue weighted by Gasteiger charge is -2.38. The Morgan fingerprint density at radius 1 is 1.08 bits per heavy atom. The van der Waals surface area contributed by atoms with Gasteiger partial charge in [-0.1, -0.05) is 27.2 Å². The van der Waals surface area contributed by atoms with Gasteiger partial charge in [-0.15, -0.1) is 0 Å². The number of nitrogens with one attached hydrogen (secondary N) is 2. The first kappa shape index (κ1) is 30.7. The number of carbonyl (C=O) groups is 5. The molecule has 1 aliphatic heterocycles. The number of amides is 3. The number of fused-ring (bicyclic) bond motifs is 1. The van der Waals surface area contributed by atoms with Gasteiger partial charge in [0.05, 0.1) is 6.04 Å². The van der Waals surface area contributed by atoms with E-state index in [-0.39, 0.29) is 43.1 Å². The molecule has 0 radical (unpaired) electrons. The van der Waals surface area contributed by atoms with Crippen LogP contribution >= 0.6 is 0 Å². The maximum atomic E-state index is 14.0. The minimum absolute atomic E-state index is 0.00788. The van der Waals surface area contributed by atoms with E-state index in [1.54, 1.807) is 27.7 Å². The van der Waals surface area contributed by atoms with Crippen molar-refractivity contribution >= 4 is 29.7 Å². The highest BCUT2D eigenvalue weighted by Crippen LogP contribution is 2.65. The van der Waals surface area contributed by atoms with Crippen LogP contribution in [-0.4, -0.2) is 75.9 Å². The van der Waals surface area contributed by atoms with E-state index in [2.05, 4.69) is 10.6 Å². The molecular weight excluding hydrogens is 516 g/mol. The summed E-state index contributed by atoms with van der Waals surface area (Å²) in [7, 11) is 0. The summed E-state index contributed by atoms with van der Waals surface area (Å²) >= 11 is 0. The van der Waals surface area contributed by atoms with E-state index < -0.39 is 78.1 Å². The lowest BCUT2D eigenvalue weighted by molar-refractivity contribution is -0.151. The van der Waals surface area contributed by atoms with Gasteiger partial charge in [0.2, 0.25) is 17.7 Å². The zero-order valence-corrected chi connectivity index (χ0v) is 23.5. The van der Waals surface area contributed by atoms with E-state index in [1.165, 1.54) is 4.90 Å². The van der Waals surface area contributed by atoms with Gasteiger partial charge in [-0.05, 0) is 63.2 Å². The van der Waals surface area contributed by atoms with Crippen LogP contribution in [0.1, 0.15) is 80.1 Å². The summed E-state index contributed by atoms with van der Waals surface area (Å²) in [6.07, 6.45) is -1.12. The van der Waals surface area contributed by atoms with Gasteiger partial charge in [-0.2, -0.15) is 0 Å². The fourth-order valence-electron chi connectivity index (χ4n) is 6.17. The predicted octanol–water partition coefficient (Wildman–Crippen LogP) is 3.13. The molecule has 3 N–H and O–H groups in total. The van der Waals surface area contributed by atoms with E-state index in [4.69, 9.17) is 4.74 Å². The van der Waals surface area contributed by atoms with Gasteiger partial charge < -0.3 is 25.4 Å². The smallest absolute Gasteiger partial charge is 0.408 e. The third-order valence-electron chi connectivity index (χ3n) is 8.35. The number of ether oxygens (including phenoxy) is 1. The Bertz CT molecular complexity index is 1000. The Morgan fingerprint density at radius 3 is 2.18 bits per heavy atom. The number of aliphatic carboxylic acids is 1. The molecule has 5 atom stereocenters. The molecule has 10 nitrogen and oxygen atoms in total. The highest BCUT2D eigenvalue weighted by molar-refractivity contribution is 6.35. The molecule has 2 saturated carbocycles. The SMILES string of the molecule is CCCC(NC(=O)C1[C@H]2[C@@H](CN1C(=O)C(NC(=O)OC(C)(C)C)C1CCC(F)(F)CC1)C2(C)C)C(=O)C(=O)O. The summed E-state index contributed by atoms with van der Waals surface area (Å²) in [6.45, 7) is 10.9. The molecule has 0 spiro atoms. The van der Waals surface area contributed by atoms with Gasteiger partial charge in [0, 0.05) is 19.4 Å². The van der Waals surface area contributed by atoms with Gasteiger partial charge >= 0.3 is 12.1 Å². The van der Waals surface area contributed by atoms with Crippen molar-refractivity contribution in [1.29, 1.82) is 0 Å². The van der Waals surface area contributed by atoms with Crippen LogP contribution in [0, 0.1) is 23.2 Å². The van der Waals surface area contributed by atoms with E-state index in [0.29, 0.717) is 6.42 Å². The van der Waals surface area contributed by atoms with Crippen molar-refractivity contribution in [2.45, 2.75) is 110 Å². The maximum absolute atomic E-state index is 14.0. The minimum Gasteiger partial charge on any atom is -0.475 e. The zero-order chi connectivity index (χ0) is 29.5. The number of carbonyl (C=O) groups excluding carboxylic acids is 4. The Kier molecular flexibility index (Phi) is 8.67. The summed E-state index contributed by atoms with van der Waals surface area (Å²) in [5, 5.41) is 14.3. The van der Waals surface area contributed by atoms with E-state index in [0.717, 1.165) is 0 Å². The van der Waals surface area contributed by atoms with Crippen LogP contribution in [0.25, 0.3) is 0 Å². The normalized spacial score (nSPS) is 27.1. The summed E-state index contributed by atoms with van der Waals surface area (Å²) < 4.78 is 33.2. The van der Waals surface area contributed by atoms with Crippen LogP contribution < -0.4 is 10.6 Å². The fourth-order valence-corrected chi connectivity index (χ4v) is 6.17. The second kappa shape index (κ2) is 11.0. The Balaban J connectivity index is 1.87. The summed E-state index contributed by atoms with van der Waals surface area (Å²) in [4.78, 5) is 65.1. The van der Waals surface area contributed by atoms with Crippen molar-refractivity contribution in [3.05, 3.63) is 0 Å². The Morgan fingerprint density at radius 2 is 1.67 bits per heavy atom. The van der Waals surface area contributed by atoms with Crippen molar-refractivity contribution < 1.29 is 42.6 Å². The first-order chi connectivity index (χ1) is 17.9. The highest BCUT2D eigenvalue weighted by atomic mass is 19.3. The standard InChI is InChI=1S/C27H41F2N3O7/c1-7-8-16(20(33)23(36)37)30-21(34)19-17-15(26(17,5)6)13-32(19)22(35)18(31-24(38)39-25(2,3)4)14-9-11-27(28,29)12-10-14/h14-19H,7-13H2,1-6H3,(H,30,34)(H,31,38)(H,36,37)/t15-,16?,17-,18?,19?/m1/s1. The number of piperidine rings is 1. The number of ketones is 1. The number of Topliss-reactive ketones (excluding diaryl/α,β-unsaturated/α-hetero) is 1. The predicted molar refractivity (Wildman–Crippen MR) is 136 cm³/mol. The largest absolute Gasteiger partial charge is 0.475 e. The van der Waals surface area contributed by atoms with Gasteiger partial charge in [-0.25, -0.2) is 18.4 Å². The van der Waals surface area contributed by atoms with E-state index in [9.17, 15) is 37.9 Å². The lowest BCUT2D eigenvalue weighted by Crippen LogP contribution is -2.59. The van der Waals surface area contributed by atoms with Crippen molar-refractivity contribution in [3.8, 4) is 0 Å².